The van der Waals surface area contributed by atoms with Crippen molar-refractivity contribution >= 4 is 28.1 Å². The molecular formula is C13H17ClN4O2S. The largest absolute Gasteiger partial charge is 0.361 e. The van der Waals surface area contributed by atoms with Crippen LogP contribution in [0.25, 0.3) is 0 Å². The molecule has 0 radical (unpaired) electrons. The Bertz CT molecular complexity index is 685. The SMILES string of the molecule is CN(C)c1cnc(S(=O)(=O)c2ccc(CN)cc2)cn1.Cl. The fourth-order valence-electron chi connectivity index (χ4n) is 1.60. The Labute approximate surface area is 130 Å². The van der Waals surface area contributed by atoms with Gasteiger partial charge in [0.25, 0.3) is 0 Å². The normalized spacial score (nSPS) is 10.8. The van der Waals surface area contributed by atoms with E-state index in [0.717, 1.165) is 5.56 Å². The lowest BCUT2D eigenvalue weighted by molar-refractivity contribution is 0.591. The zero-order valence-corrected chi connectivity index (χ0v) is 13.4. The highest BCUT2D eigenvalue weighted by Gasteiger charge is 2.19. The molecule has 0 aliphatic rings. The summed E-state index contributed by atoms with van der Waals surface area (Å²) in [6.07, 6.45) is 2.70. The molecule has 0 saturated heterocycles. The number of hydrogen-bond donors (Lipinski definition) is 1. The van der Waals surface area contributed by atoms with Crippen LogP contribution in [-0.2, 0) is 16.4 Å². The van der Waals surface area contributed by atoms with E-state index in [-0.39, 0.29) is 22.3 Å². The topological polar surface area (TPSA) is 89.2 Å². The van der Waals surface area contributed by atoms with Gasteiger partial charge in [0.15, 0.2) is 5.03 Å². The van der Waals surface area contributed by atoms with Gasteiger partial charge in [0, 0.05) is 20.6 Å². The average molecular weight is 329 g/mol. The van der Waals surface area contributed by atoms with Crippen molar-refractivity contribution in [2.45, 2.75) is 16.5 Å². The standard InChI is InChI=1S/C13H16N4O2S.ClH/c1-17(2)12-8-16-13(9-15-12)20(18,19)11-5-3-10(7-14)4-6-11;/h3-6,8-9H,7,14H2,1-2H3;1H. The van der Waals surface area contributed by atoms with E-state index in [2.05, 4.69) is 9.97 Å². The molecule has 21 heavy (non-hydrogen) atoms. The summed E-state index contributed by atoms with van der Waals surface area (Å²) in [6.45, 7) is 0.373. The van der Waals surface area contributed by atoms with Crippen molar-refractivity contribution in [2.24, 2.45) is 5.73 Å². The molecule has 0 aliphatic heterocycles. The minimum atomic E-state index is -3.64. The lowest BCUT2D eigenvalue weighted by atomic mass is 10.2. The minimum Gasteiger partial charge on any atom is -0.361 e. The number of benzene rings is 1. The van der Waals surface area contributed by atoms with Crippen LogP contribution in [0, 0.1) is 0 Å². The average Bonchev–Trinajstić information content (AvgIpc) is 2.47. The number of rotatable bonds is 4. The van der Waals surface area contributed by atoms with E-state index < -0.39 is 9.84 Å². The summed E-state index contributed by atoms with van der Waals surface area (Å²) >= 11 is 0. The lowest BCUT2D eigenvalue weighted by Gasteiger charge is -2.10. The van der Waals surface area contributed by atoms with E-state index in [4.69, 9.17) is 5.73 Å². The maximum Gasteiger partial charge on any atom is 0.225 e. The minimum absolute atomic E-state index is 0. The van der Waals surface area contributed by atoms with Crippen molar-refractivity contribution in [3.8, 4) is 0 Å². The molecule has 0 amide bonds. The van der Waals surface area contributed by atoms with Crippen LogP contribution in [0.1, 0.15) is 5.56 Å². The molecule has 1 heterocycles. The summed E-state index contributed by atoms with van der Waals surface area (Å²) in [6, 6.07) is 6.43. The maximum absolute atomic E-state index is 12.4. The first-order chi connectivity index (χ1) is 9.45. The molecule has 2 aromatic rings. The van der Waals surface area contributed by atoms with Crippen molar-refractivity contribution in [2.75, 3.05) is 19.0 Å². The number of aromatic nitrogens is 2. The van der Waals surface area contributed by atoms with Gasteiger partial charge >= 0.3 is 0 Å². The summed E-state index contributed by atoms with van der Waals surface area (Å²) < 4.78 is 24.7. The molecule has 0 atom stereocenters. The van der Waals surface area contributed by atoms with Crippen LogP contribution in [0.15, 0.2) is 46.6 Å². The van der Waals surface area contributed by atoms with Gasteiger partial charge < -0.3 is 10.6 Å². The highest BCUT2D eigenvalue weighted by Crippen LogP contribution is 2.19. The zero-order valence-electron chi connectivity index (χ0n) is 11.7. The van der Waals surface area contributed by atoms with Crippen molar-refractivity contribution in [3.63, 3.8) is 0 Å². The molecular weight excluding hydrogens is 312 g/mol. The number of nitrogens with zero attached hydrogens (tertiary/aromatic N) is 3. The van der Waals surface area contributed by atoms with Gasteiger partial charge in [-0.1, -0.05) is 12.1 Å². The molecule has 8 heteroatoms. The second kappa shape index (κ2) is 6.84. The van der Waals surface area contributed by atoms with Crippen LogP contribution >= 0.6 is 12.4 Å². The highest BCUT2D eigenvalue weighted by atomic mass is 35.5. The van der Waals surface area contributed by atoms with E-state index in [0.29, 0.717) is 12.4 Å². The van der Waals surface area contributed by atoms with Crippen molar-refractivity contribution in [1.82, 2.24) is 9.97 Å². The zero-order chi connectivity index (χ0) is 14.8. The molecule has 6 nitrogen and oxygen atoms in total. The van der Waals surface area contributed by atoms with Crippen LogP contribution in [0.2, 0.25) is 0 Å². The van der Waals surface area contributed by atoms with Gasteiger partial charge in [-0.25, -0.2) is 18.4 Å². The van der Waals surface area contributed by atoms with E-state index in [1.165, 1.54) is 24.5 Å². The molecule has 2 N–H and O–H groups in total. The predicted octanol–water partition coefficient (Wildman–Crippen LogP) is 1.26. The second-order valence-electron chi connectivity index (χ2n) is 4.46. The highest BCUT2D eigenvalue weighted by molar-refractivity contribution is 7.91. The monoisotopic (exact) mass is 328 g/mol. The van der Waals surface area contributed by atoms with Crippen LogP contribution in [0.4, 0.5) is 5.82 Å². The summed E-state index contributed by atoms with van der Waals surface area (Å²) in [4.78, 5) is 9.97. The molecule has 0 spiro atoms. The summed E-state index contributed by atoms with van der Waals surface area (Å²) in [5.41, 5.74) is 6.36. The van der Waals surface area contributed by atoms with Gasteiger partial charge in [0.1, 0.15) is 5.82 Å². The first-order valence-corrected chi connectivity index (χ1v) is 7.47. The number of hydrogen-bond acceptors (Lipinski definition) is 6. The smallest absolute Gasteiger partial charge is 0.225 e. The number of sulfone groups is 1. The van der Waals surface area contributed by atoms with Crippen LogP contribution in [-0.4, -0.2) is 32.5 Å². The Morgan fingerprint density at radius 1 is 1.10 bits per heavy atom. The molecule has 1 aromatic heterocycles. The third-order valence-corrected chi connectivity index (χ3v) is 4.47. The van der Waals surface area contributed by atoms with E-state index in [9.17, 15) is 8.42 Å². The molecule has 2 rings (SSSR count). The molecule has 0 fully saturated rings. The summed E-state index contributed by atoms with van der Waals surface area (Å²) in [7, 11) is -0.0209. The molecule has 0 aliphatic carbocycles. The Morgan fingerprint density at radius 2 is 1.71 bits per heavy atom. The quantitative estimate of drug-likeness (QED) is 0.908. The maximum atomic E-state index is 12.4. The fraction of sp³-hybridized carbons (Fsp3) is 0.231. The van der Waals surface area contributed by atoms with Gasteiger partial charge in [0.2, 0.25) is 9.84 Å². The van der Waals surface area contributed by atoms with Crippen molar-refractivity contribution in [1.29, 1.82) is 0 Å². The van der Waals surface area contributed by atoms with Gasteiger partial charge in [-0.3, -0.25) is 0 Å². The Balaban J connectivity index is 0.00000220. The third kappa shape index (κ3) is 3.69. The predicted molar refractivity (Wildman–Crippen MR) is 83.4 cm³/mol. The van der Waals surface area contributed by atoms with E-state index in [1.54, 1.807) is 17.0 Å². The molecule has 0 bridgehead atoms. The van der Waals surface area contributed by atoms with Crippen LogP contribution in [0.5, 0.6) is 0 Å². The van der Waals surface area contributed by atoms with Gasteiger partial charge in [-0.2, -0.15) is 0 Å². The number of nitrogens with two attached hydrogens (primary N) is 1. The Hall–Kier alpha value is -1.70. The molecule has 1 aromatic carbocycles. The van der Waals surface area contributed by atoms with Crippen LogP contribution in [0.3, 0.4) is 0 Å². The van der Waals surface area contributed by atoms with E-state index in [1.807, 2.05) is 14.1 Å². The molecule has 0 unspecified atom stereocenters. The lowest BCUT2D eigenvalue weighted by Crippen LogP contribution is -2.12. The van der Waals surface area contributed by atoms with Gasteiger partial charge in [-0.15, -0.1) is 12.4 Å². The van der Waals surface area contributed by atoms with Crippen LogP contribution < -0.4 is 10.6 Å². The molecule has 0 saturated carbocycles. The first kappa shape index (κ1) is 17.4. The van der Waals surface area contributed by atoms with Crippen molar-refractivity contribution in [3.05, 3.63) is 42.2 Å². The molecule has 114 valence electrons. The van der Waals surface area contributed by atoms with E-state index >= 15 is 0 Å². The Morgan fingerprint density at radius 3 is 2.14 bits per heavy atom. The van der Waals surface area contributed by atoms with Gasteiger partial charge in [0.05, 0.1) is 17.3 Å². The second-order valence-corrected chi connectivity index (χ2v) is 6.36. The third-order valence-electron chi connectivity index (χ3n) is 2.82. The summed E-state index contributed by atoms with van der Waals surface area (Å²) in [5.74, 6) is 0.599. The first-order valence-electron chi connectivity index (χ1n) is 5.98. The summed E-state index contributed by atoms with van der Waals surface area (Å²) in [5, 5.41) is -0.0661. The van der Waals surface area contributed by atoms with Gasteiger partial charge in [-0.05, 0) is 17.7 Å². The number of anilines is 1. The Kier molecular flexibility index (Phi) is 5.65. The fourth-order valence-corrected chi connectivity index (χ4v) is 2.72. The van der Waals surface area contributed by atoms with Crippen molar-refractivity contribution < 1.29 is 8.42 Å². The number of halogens is 1.